The molecule has 1 saturated heterocycles. The third kappa shape index (κ3) is 3.04. The van der Waals surface area contributed by atoms with Gasteiger partial charge in [-0.3, -0.25) is 14.6 Å². The highest BCUT2D eigenvalue weighted by molar-refractivity contribution is 5.93. The molecule has 1 aliphatic heterocycles. The number of rotatable bonds is 4. The minimum absolute atomic E-state index is 0.0314. The number of aliphatic hydroxyl groups is 1. The maximum atomic E-state index is 12.5. The summed E-state index contributed by atoms with van der Waals surface area (Å²) in [6, 6.07) is 2.00. The van der Waals surface area contributed by atoms with Crippen LogP contribution >= 0.6 is 0 Å². The summed E-state index contributed by atoms with van der Waals surface area (Å²) in [5, 5.41) is 20.3. The number of piperidine rings is 1. The molecule has 1 amide bonds. The second-order valence-electron chi connectivity index (χ2n) is 5.78. The number of amides is 1. The molecular formula is C15H21N5O2. The quantitative estimate of drug-likeness (QED) is 0.870. The first kappa shape index (κ1) is 14.8. The number of nitrogens with one attached hydrogen (secondary N) is 1. The maximum absolute atomic E-state index is 12.5. The van der Waals surface area contributed by atoms with E-state index in [1.807, 2.05) is 18.0 Å². The third-order valence-corrected chi connectivity index (χ3v) is 4.11. The zero-order chi connectivity index (χ0) is 15.5. The number of aromatic nitrogens is 4. The summed E-state index contributed by atoms with van der Waals surface area (Å²) in [6.45, 7) is 1.56. The molecule has 118 valence electrons. The fraction of sp³-hybridized carbons (Fsp3) is 0.533. The zero-order valence-electron chi connectivity index (χ0n) is 12.7. The van der Waals surface area contributed by atoms with Crippen molar-refractivity contribution in [3.8, 4) is 0 Å². The molecule has 2 aromatic rings. The summed E-state index contributed by atoms with van der Waals surface area (Å²) >= 11 is 0. The molecule has 1 fully saturated rings. The van der Waals surface area contributed by atoms with Crippen molar-refractivity contribution in [2.24, 2.45) is 7.05 Å². The van der Waals surface area contributed by atoms with E-state index in [-0.39, 0.29) is 18.4 Å². The average molecular weight is 303 g/mol. The average Bonchev–Trinajstić information content (AvgIpc) is 3.16. The minimum Gasteiger partial charge on any atom is -0.396 e. The molecule has 2 N–H and O–H groups in total. The Balaban J connectivity index is 1.69. The monoisotopic (exact) mass is 303 g/mol. The first-order valence-electron chi connectivity index (χ1n) is 7.60. The molecule has 3 heterocycles. The maximum Gasteiger partial charge on any atom is 0.257 e. The summed E-state index contributed by atoms with van der Waals surface area (Å²) in [6.07, 6.45) is 5.94. The molecule has 0 unspecified atom stereocenters. The Kier molecular flexibility index (Phi) is 4.24. The topological polar surface area (TPSA) is 87.0 Å². The molecule has 0 radical (unpaired) electrons. The first-order chi connectivity index (χ1) is 10.7. The van der Waals surface area contributed by atoms with Crippen molar-refractivity contribution >= 4 is 5.91 Å². The van der Waals surface area contributed by atoms with Gasteiger partial charge in [0.25, 0.3) is 5.91 Å². The van der Waals surface area contributed by atoms with Crippen LogP contribution < -0.4 is 0 Å². The molecule has 7 heteroatoms. The van der Waals surface area contributed by atoms with Gasteiger partial charge in [-0.25, -0.2) is 0 Å². The van der Waals surface area contributed by atoms with Gasteiger partial charge in [0.2, 0.25) is 0 Å². The SMILES string of the molecule is Cn1cc(C(=O)N2CCC[C@H](c3cc(CCO)[nH]n3)C2)cn1. The molecule has 7 nitrogen and oxygen atoms in total. The van der Waals surface area contributed by atoms with Gasteiger partial charge >= 0.3 is 0 Å². The number of likely N-dealkylation sites (tertiary alicyclic amines) is 1. The van der Waals surface area contributed by atoms with Crippen LogP contribution in [0.4, 0.5) is 0 Å². The van der Waals surface area contributed by atoms with Crippen LogP contribution in [-0.4, -0.2) is 55.6 Å². The number of H-pyrrole nitrogens is 1. The summed E-state index contributed by atoms with van der Waals surface area (Å²) in [5.41, 5.74) is 2.55. The van der Waals surface area contributed by atoms with Gasteiger partial charge in [-0.1, -0.05) is 0 Å². The lowest BCUT2D eigenvalue weighted by atomic mass is 9.94. The van der Waals surface area contributed by atoms with E-state index in [9.17, 15) is 4.79 Å². The van der Waals surface area contributed by atoms with Crippen LogP contribution in [0.1, 0.15) is 40.5 Å². The molecule has 3 rings (SSSR count). The molecule has 0 bridgehead atoms. The number of aryl methyl sites for hydroxylation is 1. The van der Waals surface area contributed by atoms with E-state index in [4.69, 9.17) is 5.11 Å². The molecule has 22 heavy (non-hydrogen) atoms. The number of nitrogens with zero attached hydrogens (tertiary/aromatic N) is 4. The summed E-state index contributed by atoms with van der Waals surface area (Å²) in [7, 11) is 1.81. The fourth-order valence-corrected chi connectivity index (χ4v) is 2.95. The third-order valence-electron chi connectivity index (χ3n) is 4.11. The van der Waals surface area contributed by atoms with E-state index in [2.05, 4.69) is 15.3 Å². The van der Waals surface area contributed by atoms with E-state index in [1.54, 1.807) is 17.1 Å². The van der Waals surface area contributed by atoms with Gasteiger partial charge in [-0.05, 0) is 18.9 Å². The Labute approximate surface area is 128 Å². The first-order valence-corrected chi connectivity index (χ1v) is 7.60. The molecule has 0 aliphatic carbocycles. The van der Waals surface area contributed by atoms with Crippen molar-refractivity contribution in [1.82, 2.24) is 24.9 Å². The van der Waals surface area contributed by atoms with Crippen molar-refractivity contribution in [3.05, 3.63) is 35.4 Å². The van der Waals surface area contributed by atoms with Crippen LogP contribution in [0.2, 0.25) is 0 Å². The Hall–Kier alpha value is -2.15. The Morgan fingerprint density at radius 1 is 1.55 bits per heavy atom. The van der Waals surface area contributed by atoms with Gasteiger partial charge in [0.05, 0.1) is 17.5 Å². The van der Waals surface area contributed by atoms with Crippen molar-refractivity contribution in [1.29, 1.82) is 0 Å². The zero-order valence-corrected chi connectivity index (χ0v) is 12.7. The number of hydrogen-bond acceptors (Lipinski definition) is 4. The molecule has 2 aromatic heterocycles. The van der Waals surface area contributed by atoms with Gasteiger partial charge in [0, 0.05) is 51.0 Å². The number of aliphatic hydroxyl groups excluding tert-OH is 1. The van der Waals surface area contributed by atoms with Gasteiger partial charge in [0.15, 0.2) is 0 Å². The van der Waals surface area contributed by atoms with Crippen molar-refractivity contribution in [3.63, 3.8) is 0 Å². The van der Waals surface area contributed by atoms with Crippen LogP contribution in [0.25, 0.3) is 0 Å². The molecule has 0 spiro atoms. The van der Waals surface area contributed by atoms with E-state index >= 15 is 0 Å². The lowest BCUT2D eigenvalue weighted by molar-refractivity contribution is 0.0706. The van der Waals surface area contributed by atoms with E-state index in [0.29, 0.717) is 18.5 Å². The predicted molar refractivity (Wildman–Crippen MR) is 80.5 cm³/mol. The van der Waals surface area contributed by atoms with Crippen LogP contribution in [0.15, 0.2) is 18.5 Å². The smallest absolute Gasteiger partial charge is 0.257 e. The number of aromatic amines is 1. The normalized spacial score (nSPS) is 18.6. The standard InChI is InChI=1S/C15H21N5O2/c1-19-9-12(8-16-19)15(22)20-5-2-3-11(10-20)14-7-13(4-6-21)17-18-14/h7-9,11,21H,2-6,10H2,1H3,(H,17,18)/t11-/m0/s1. The highest BCUT2D eigenvalue weighted by Crippen LogP contribution is 2.27. The summed E-state index contributed by atoms with van der Waals surface area (Å²) in [5.74, 6) is 0.280. The van der Waals surface area contributed by atoms with Gasteiger partial charge in [0.1, 0.15) is 0 Å². The van der Waals surface area contributed by atoms with Crippen LogP contribution in [-0.2, 0) is 13.5 Å². The summed E-state index contributed by atoms with van der Waals surface area (Å²) < 4.78 is 1.64. The van der Waals surface area contributed by atoms with Crippen molar-refractivity contribution in [2.45, 2.75) is 25.2 Å². The molecular weight excluding hydrogens is 282 g/mol. The second kappa shape index (κ2) is 6.31. The van der Waals surface area contributed by atoms with Crippen LogP contribution in [0.3, 0.4) is 0 Å². The largest absolute Gasteiger partial charge is 0.396 e. The molecule has 1 aliphatic rings. The number of carbonyl (C=O) groups is 1. The van der Waals surface area contributed by atoms with Gasteiger partial charge in [-0.2, -0.15) is 10.2 Å². The van der Waals surface area contributed by atoms with Crippen LogP contribution in [0.5, 0.6) is 0 Å². The van der Waals surface area contributed by atoms with Crippen molar-refractivity contribution < 1.29 is 9.90 Å². The Morgan fingerprint density at radius 2 is 2.41 bits per heavy atom. The lowest BCUT2D eigenvalue weighted by Crippen LogP contribution is -2.39. The lowest BCUT2D eigenvalue weighted by Gasteiger charge is -2.31. The van der Waals surface area contributed by atoms with E-state index < -0.39 is 0 Å². The van der Waals surface area contributed by atoms with E-state index in [1.165, 1.54) is 0 Å². The summed E-state index contributed by atoms with van der Waals surface area (Å²) in [4.78, 5) is 14.4. The van der Waals surface area contributed by atoms with Gasteiger partial charge < -0.3 is 10.0 Å². The molecule has 0 aromatic carbocycles. The van der Waals surface area contributed by atoms with E-state index in [0.717, 1.165) is 30.8 Å². The number of carbonyl (C=O) groups excluding carboxylic acids is 1. The molecule has 1 atom stereocenters. The number of hydrogen-bond donors (Lipinski definition) is 2. The second-order valence-corrected chi connectivity index (χ2v) is 5.78. The Morgan fingerprint density at radius 3 is 3.14 bits per heavy atom. The van der Waals surface area contributed by atoms with Crippen molar-refractivity contribution in [2.75, 3.05) is 19.7 Å². The fourth-order valence-electron chi connectivity index (χ4n) is 2.95. The highest BCUT2D eigenvalue weighted by atomic mass is 16.3. The minimum atomic E-state index is 0.0314. The van der Waals surface area contributed by atoms with Crippen LogP contribution in [0, 0.1) is 0 Å². The predicted octanol–water partition coefficient (Wildman–Crippen LogP) is 0.698. The molecule has 0 saturated carbocycles. The highest BCUT2D eigenvalue weighted by Gasteiger charge is 2.27. The Bertz CT molecular complexity index is 648. The van der Waals surface area contributed by atoms with Gasteiger partial charge in [-0.15, -0.1) is 0 Å².